The highest BCUT2D eigenvalue weighted by Gasteiger charge is 2.19. The van der Waals surface area contributed by atoms with Crippen molar-refractivity contribution in [3.63, 3.8) is 0 Å². The summed E-state index contributed by atoms with van der Waals surface area (Å²) in [5, 5.41) is 0. The number of rotatable bonds is 6. The lowest BCUT2D eigenvalue weighted by atomic mass is 10.1. The van der Waals surface area contributed by atoms with Crippen LogP contribution in [0.15, 0.2) is 24.3 Å². The molecule has 1 saturated heterocycles. The molecule has 1 aliphatic rings. The largest absolute Gasteiger partial charge is 0.381 e. The van der Waals surface area contributed by atoms with Crippen LogP contribution in [0.1, 0.15) is 17.5 Å². The molecular formula is C13H20N2O3S. The van der Waals surface area contributed by atoms with Crippen molar-refractivity contribution in [2.75, 3.05) is 19.8 Å². The minimum atomic E-state index is -3.29. The van der Waals surface area contributed by atoms with Gasteiger partial charge in [0.1, 0.15) is 0 Å². The van der Waals surface area contributed by atoms with Crippen LogP contribution >= 0.6 is 0 Å². The van der Waals surface area contributed by atoms with Gasteiger partial charge in [0.15, 0.2) is 0 Å². The first-order valence-corrected chi connectivity index (χ1v) is 8.07. The highest BCUT2D eigenvalue weighted by molar-refractivity contribution is 7.88. The monoisotopic (exact) mass is 284 g/mol. The van der Waals surface area contributed by atoms with Crippen LogP contribution in [0.4, 0.5) is 0 Å². The minimum absolute atomic E-state index is 0.00554. The molecule has 1 aromatic rings. The van der Waals surface area contributed by atoms with Crippen molar-refractivity contribution in [2.45, 2.75) is 18.7 Å². The zero-order chi connectivity index (χ0) is 13.7. The first-order chi connectivity index (χ1) is 9.09. The number of hydrogen-bond donors (Lipinski definition) is 2. The van der Waals surface area contributed by atoms with Crippen LogP contribution in [-0.2, 0) is 27.1 Å². The van der Waals surface area contributed by atoms with Crippen molar-refractivity contribution in [1.82, 2.24) is 4.72 Å². The fraction of sp³-hybridized carbons (Fsp3) is 0.538. The van der Waals surface area contributed by atoms with Crippen LogP contribution in [0.5, 0.6) is 0 Å². The van der Waals surface area contributed by atoms with E-state index in [1.807, 2.05) is 18.2 Å². The van der Waals surface area contributed by atoms with Gasteiger partial charge >= 0.3 is 0 Å². The SMILES string of the molecule is NCc1cccc(CS(=O)(=O)NCC2CCOC2)c1. The van der Waals surface area contributed by atoms with Gasteiger partial charge in [0.25, 0.3) is 0 Å². The van der Waals surface area contributed by atoms with E-state index in [1.165, 1.54) is 0 Å². The topological polar surface area (TPSA) is 81.4 Å². The van der Waals surface area contributed by atoms with Crippen molar-refractivity contribution < 1.29 is 13.2 Å². The maximum Gasteiger partial charge on any atom is 0.215 e. The molecule has 106 valence electrons. The second-order valence-electron chi connectivity index (χ2n) is 4.86. The third-order valence-corrected chi connectivity index (χ3v) is 4.52. The highest BCUT2D eigenvalue weighted by Crippen LogP contribution is 2.12. The molecule has 0 aromatic heterocycles. The van der Waals surface area contributed by atoms with E-state index in [9.17, 15) is 8.42 Å². The van der Waals surface area contributed by atoms with Crippen LogP contribution in [0.2, 0.25) is 0 Å². The average molecular weight is 284 g/mol. The number of nitrogens with two attached hydrogens (primary N) is 1. The van der Waals surface area contributed by atoms with Gasteiger partial charge in [-0.05, 0) is 23.5 Å². The van der Waals surface area contributed by atoms with Crippen molar-refractivity contribution in [3.05, 3.63) is 35.4 Å². The molecule has 5 nitrogen and oxygen atoms in total. The molecule has 1 fully saturated rings. The molecule has 0 spiro atoms. The lowest BCUT2D eigenvalue weighted by Crippen LogP contribution is -2.30. The molecule has 6 heteroatoms. The lowest BCUT2D eigenvalue weighted by Gasteiger charge is -2.10. The van der Waals surface area contributed by atoms with Gasteiger partial charge in [0.05, 0.1) is 12.4 Å². The van der Waals surface area contributed by atoms with Gasteiger partial charge in [-0.15, -0.1) is 0 Å². The van der Waals surface area contributed by atoms with Crippen molar-refractivity contribution in [2.24, 2.45) is 11.7 Å². The Morgan fingerprint density at radius 3 is 2.84 bits per heavy atom. The van der Waals surface area contributed by atoms with Gasteiger partial charge in [-0.1, -0.05) is 24.3 Å². The van der Waals surface area contributed by atoms with Gasteiger partial charge in [-0.2, -0.15) is 0 Å². The fourth-order valence-corrected chi connectivity index (χ4v) is 3.32. The summed E-state index contributed by atoms with van der Waals surface area (Å²) in [6, 6.07) is 7.35. The number of ether oxygens (including phenoxy) is 1. The molecule has 1 aliphatic heterocycles. The first kappa shape index (κ1) is 14.5. The summed E-state index contributed by atoms with van der Waals surface area (Å²) in [5.74, 6) is 0.291. The predicted molar refractivity (Wildman–Crippen MR) is 73.9 cm³/mol. The van der Waals surface area contributed by atoms with E-state index in [-0.39, 0.29) is 5.75 Å². The molecule has 0 aliphatic carbocycles. The van der Waals surface area contributed by atoms with E-state index in [4.69, 9.17) is 10.5 Å². The number of nitrogens with one attached hydrogen (secondary N) is 1. The van der Waals surface area contributed by atoms with E-state index in [1.54, 1.807) is 6.07 Å². The number of benzene rings is 1. The van der Waals surface area contributed by atoms with E-state index in [0.29, 0.717) is 25.6 Å². The van der Waals surface area contributed by atoms with Gasteiger partial charge in [0, 0.05) is 19.7 Å². The van der Waals surface area contributed by atoms with Crippen LogP contribution < -0.4 is 10.5 Å². The first-order valence-electron chi connectivity index (χ1n) is 6.42. The summed E-state index contributed by atoms with van der Waals surface area (Å²) in [6.07, 6.45) is 0.922. The Morgan fingerprint density at radius 1 is 1.37 bits per heavy atom. The summed E-state index contributed by atoms with van der Waals surface area (Å²) in [6.45, 7) is 2.25. The Balaban J connectivity index is 1.91. The summed E-state index contributed by atoms with van der Waals surface area (Å²) in [7, 11) is -3.29. The zero-order valence-corrected chi connectivity index (χ0v) is 11.7. The van der Waals surface area contributed by atoms with E-state index < -0.39 is 10.0 Å². The molecule has 0 amide bonds. The summed E-state index contributed by atoms with van der Waals surface area (Å²) < 4.78 is 31.8. The summed E-state index contributed by atoms with van der Waals surface area (Å²) in [5.41, 5.74) is 7.25. The molecular weight excluding hydrogens is 264 g/mol. The predicted octanol–water partition coefficient (Wildman–Crippen LogP) is 0.601. The molecule has 2 rings (SSSR count). The van der Waals surface area contributed by atoms with Gasteiger partial charge in [-0.25, -0.2) is 13.1 Å². The van der Waals surface area contributed by atoms with Crippen molar-refractivity contribution in [1.29, 1.82) is 0 Å². The minimum Gasteiger partial charge on any atom is -0.381 e. The molecule has 19 heavy (non-hydrogen) atoms. The van der Waals surface area contributed by atoms with Crippen LogP contribution in [0.3, 0.4) is 0 Å². The quantitative estimate of drug-likeness (QED) is 0.801. The maximum atomic E-state index is 12.0. The van der Waals surface area contributed by atoms with Crippen molar-refractivity contribution in [3.8, 4) is 0 Å². The summed E-state index contributed by atoms with van der Waals surface area (Å²) >= 11 is 0. The van der Waals surface area contributed by atoms with E-state index in [2.05, 4.69) is 4.72 Å². The molecule has 0 saturated carbocycles. The third-order valence-electron chi connectivity index (χ3n) is 3.20. The smallest absolute Gasteiger partial charge is 0.215 e. The van der Waals surface area contributed by atoms with Crippen LogP contribution in [0.25, 0.3) is 0 Å². The Hall–Kier alpha value is -0.950. The van der Waals surface area contributed by atoms with Gasteiger partial charge in [0.2, 0.25) is 10.0 Å². The standard InChI is InChI=1S/C13H20N2O3S/c14-7-11-2-1-3-12(6-11)10-19(16,17)15-8-13-4-5-18-9-13/h1-3,6,13,15H,4-5,7-10,14H2. The molecule has 1 heterocycles. The Labute approximate surface area is 114 Å². The molecule has 1 aromatic carbocycles. The third kappa shape index (κ3) is 4.58. The molecule has 1 atom stereocenters. The second-order valence-corrected chi connectivity index (χ2v) is 6.67. The van der Waals surface area contributed by atoms with Crippen LogP contribution in [0, 0.1) is 5.92 Å². The van der Waals surface area contributed by atoms with Gasteiger partial charge in [-0.3, -0.25) is 0 Å². The van der Waals surface area contributed by atoms with E-state index in [0.717, 1.165) is 24.2 Å². The Morgan fingerprint density at radius 2 is 2.16 bits per heavy atom. The summed E-state index contributed by atoms with van der Waals surface area (Å²) in [4.78, 5) is 0. The normalized spacial score (nSPS) is 19.7. The Bertz CT molecular complexity index is 510. The Kier molecular flexibility index (Phi) is 4.93. The zero-order valence-electron chi connectivity index (χ0n) is 10.8. The second kappa shape index (κ2) is 6.47. The number of hydrogen-bond acceptors (Lipinski definition) is 4. The molecule has 1 unspecified atom stereocenters. The molecule has 0 radical (unpaired) electrons. The van der Waals surface area contributed by atoms with E-state index >= 15 is 0 Å². The average Bonchev–Trinajstić information content (AvgIpc) is 2.89. The fourth-order valence-electron chi connectivity index (χ4n) is 2.11. The van der Waals surface area contributed by atoms with Crippen LogP contribution in [-0.4, -0.2) is 28.2 Å². The van der Waals surface area contributed by atoms with Crippen molar-refractivity contribution >= 4 is 10.0 Å². The van der Waals surface area contributed by atoms with Gasteiger partial charge < -0.3 is 10.5 Å². The lowest BCUT2D eigenvalue weighted by molar-refractivity contribution is 0.186. The molecule has 3 N–H and O–H groups in total. The highest BCUT2D eigenvalue weighted by atomic mass is 32.2. The molecule has 0 bridgehead atoms. The maximum absolute atomic E-state index is 12.0. The number of sulfonamides is 1.